The molecule has 91 heavy (non-hydrogen) atoms. The molecule has 0 aliphatic heterocycles. The van der Waals surface area contributed by atoms with Crippen LogP contribution in [0, 0.1) is 0 Å². The second kappa shape index (κ2) is 80.5. The normalized spacial score (nSPS) is 12.6. The van der Waals surface area contributed by atoms with Crippen LogP contribution < -0.4 is 5.32 Å². The van der Waals surface area contributed by atoms with Gasteiger partial charge in [-0.25, -0.2) is 0 Å². The lowest BCUT2D eigenvalue weighted by Crippen LogP contribution is -2.45. The van der Waals surface area contributed by atoms with Crippen molar-refractivity contribution in [3.63, 3.8) is 0 Å². The maximum atomic E-state index is 12.6. The minimum Gasteiger partial charge on any atom is -0.466 e. The summed E-state index contributed by atoms with van der Waals surface area (Å²) in [6.45, 7) is 4.94. The third-order valence-electron chi connectivity index (χ3n) is 19.6. The van der Waals surface area contributed by atoms with Gasteiger partial charge in [0.15, 0.2) is 0 Å². The van der Waals surface area contributed by atoms with Crippen LogP contribution in [0.2, 0.25) is 0 Å². The molecule has 0 radical (unpaired) electrons. The molecule has 0 heterocycles. The van der Waals surface area contributed by atoms with E-state index in [0.717, 1.165) is 51.4 Å². The summed E-state index contributed by atoms with van der Waals surface area (Å²) in [4.78, 5) is 24.6. The van der Waals surface area contributed by atoms with Crippen LogP contribution in [0.5, 0.6) is 0 Å². The van der Waals surface area contributed by atoms with E-state index >= 15 is 0 Å². The van der Waals surface area contributed by atoms with Gasteiger partial charge in [0.05, 0.1) is 25.4 Å². The maximum Gasteiger partial charge on any atom is 0.305 e. The molecule has 0 bridgehead atoms. The van der Waals surface area contributed by atoms with Crippen molar-refractivity contribution in [3.8, 4) is 0 Å². The quantitative estimate of drug-likeness (QED) is 0.0320. The number of carbonyl (C=O) groups excluding carboxylic acids is 2. The first-order valence-corrected chi connectivity index (χ1v) is 41.7. The Hall–Kier alpha value is -1.92. The molecule has 538 valence electrons. The fraction of sp³-hybridized carbons (Fsp3) is 0.906. The second-order valence-electron chi connectivity index (χ2n) is 28.8. The Balaban J connectivity index is 3.33. The lowest BCUT2D eigenvalue weighted by atomic mass is 10.0. The lowest BCUT2D eigenvalue weighted by Gasteiger charge is -2.22. The van der Waals surface area contributed by atoms with E-state index in [0.29, 0.717) is 25.9 Å². The fourth-order valence-corrected chi connectivity index (χ4v) is 13.3. The predicted octanol–water partition coefficient (Wildman–Crippen LogP) is 27.8. The van der Waals surface area contributed by atoms with Gasteiger partial charge in [-0.1, -0.05) is 416 Å². The number of nitrogens with one attached hydrogen (secondary N) is 1. The lowest BCUT2D eigenvalue weighted by molar-refractivity contribution is -0.143. The van der Waals surface area contributed by atoms with Crippen molar-refractivity contribution in [3.05, 3.63) is 36.5 Å². The number of allylic oxidation sites excluding steroid dienone is 6. The van der Waals surface area contributed by atoms with E-state index in [1.807, 2.05) is 0 Å². The standard InChI is InChI=1S/C85H163NO5/c1-3-5-7-9-11-13-15-17-18-19-20-21-41-44-47-50-54-57-61-65-69-73-77-83(88)82(81-87)86-84(89)78-74-70-66-62-58-55-51-48-45-42-39-37-35-33-31-29-27-25-23-22-24-26-28-30-32-34-36-38-40-43-46-49-52-56-60-64-68-72-76-80-91-85(90)79-75-71-67-63-59-53-16-14-12-10-8-6-4-2/h8,10,14,16,22-23,82-83,87-88H,3-7,9,11-13,15,17-21,24-81H2,1-2H3,(H,86,89)/b10-8-,16-14-,23-22-. The van der Waals surface area contributed by atoms with Crippen LogP contribution in [0.15, 0.2) is 36.5 Å². The Morgan fingerprint density at radius 2 is 0.571 bits per heavy atom. The largest absolute Gasteiger partial charge is 0.466 e. The highest BCUT2D eigenvalue weighted by Crippen LogP contribution is 2.20. The smallest absolute Gasteiger partial charge is 0.305 e. The second-order valence-corrected chi connectivity index (χ2v) is 28.8. The number of aliphatic hydroxyl groups excluding tert-OH is 2. The molecule has 2 atom stereocenters. The number of unbranched alkanes of at least 4 members (excludes halogenated alkanes) is 62. The molecule has 2 unspecified atom stereocenters. The zero-order valence-corrected chi connectivity index (χ0v) is 61.9. The van der Waals surface area contributed by atoms with Crippen molar-refractivity contribution >= 4 is 11.9 Å². The highest BCUT2D eigenvalue weighted by molar-refractivity contribution is 5.76. The Kier molecular flexibility index (Phi) is 78.8. The number of carbonyl (C=O) groups is 2. The minimum atomic E-state index is -0.663. The Morgan fingerprint density at radius 3 is 0.890 bits per heavy atom. The zero-order valence-electron chi connectivity index (χ0n) is 61.9. The van der Waals surface area contributed by atoms with Gasteiger partial charge < -0.3 is 20.3 Å². The van der Waals surface area contributed by atoms with E-state index in [4.69, 9.17) is 4.74 Å². The van der Waals surface area contributed by atoms with E-state index in [1.54, 1.807) is 0 Å². The van der Waals surface area contributed by atoms with Crippen LogP contribution >= 0.6 is 0 Å². The highest BCUT2D eigenvalue weighted by Gasteiger charge is 2.20. The summed E-state index contributed by atoms with van der Waals surface area (Å²) in [5.41, 5.74) is 0. The number of ether oxygens (including phenoxy) is 1. The Bertz CT molecular complexity index is 1470. The van der Waals surface area contributed by atoms with Gasteiger partial charge in [-0.15, -0.1) is 0 Å². The van der Waals surface area contributed by atoms with Crippen molar-refractivity contribution in [2.75, 3.05) is 13.2 Å². The number of esters is 1. The fourth-order valence-electron chi connectivity index (χ4n) is 13.3. The minimum absolute atomic E-state index is 0.00767. The molecule has 3 N–H and O–H groups in total. The monoisotopic (exact) mass is 1280 g/mol. The predicted molar refractivity (Wildman–Crippen MR) is 403 cm³/mol. The zero-order chi connectivity index (χ0) is 65.6. The molecule has 6 nitrogen and oxygen atoms in total. The summed E-state index contributed by atoms with van der Waals surface area (Å²) in [5, 5.41) is 23.5. The number of hydrogen-bond donors (Lipinski definition) is 3. The van der Waals surface area contributed by atoms with Crippen molar-refractivity contribution in [1.82, 2.24) is 5.32 Å². The average molecular weight is 1280 g/mol. The van der Waals surface area contributed by atoms with Gasteiger partial charge >= 0.3 is 5.97 Å². The summed E-state index contributed by atoms with van der Waals surface area (Å²) in [6, 6.07) is -0.539. The maximum absolute atomic E-state index is 12.6. The van der Waals surface area contributed by atoms with E-state index in [2.05, 4.69) is 55.6 Å². The molecule has 0 aromatic rings. The first kappa shape index (κ1) is 89.1. The molecule has 0 saturated carbocycles. The van der Waals surface area contributed by atoms with E-state index in [-0.39, 0.29) is 18.5 Å². The molecule has 0 aliphatic carbocycles. The average Bonchev–Trinajstić information content (AvgIpc) is 3.70. The first-order chi connectivity index (χ1) is 45.0. The Morgan fingerprint density at radius 1 is 0.308 bits per heavy atom. The summed E-state index contributed by atoms with van der Waals surface area (Å²) < 4.78 is 5.48. The van der Waals surface area contributed by atoms with Crippen molar-refractivity contribution in [2.24, 2.45) is 0 Å². The Labute approximate surface area is 570 Å². The van der Waals surface area contributed by atoms with Crippen LogP contribution in [0.3, 0.4) is 0 Å². The number of hydrogen-bond acceptors (Lipinski definition) is 5. The van der Waals surface area contributed by atoms with Crippen LogP contribution in [0.1, 0.15) is 470 Å². The SMILES string of the molecule is CCC/C=C\C/C=C\CCCCCCCC(=O)OCCCCCCCCCCCCCCCCCCCC/C=C\CCCCCCCCCCCCCCCCCCCC(=O)NC(CO)C(O)CCCCCCCCCCCCCCCCCCCCCCCC. The van der Waals surface area contributed by atoms with Gasteiger partial charge in [0, 0.05) is 12.8 Å². The highest BCUT2D eigenvalue weighted by atomic mass is 16.5. The van der Waals surface area contributed by atoms with Gasteiger partial charge in [0.25, 0.3) is 0 Å². The van der Waals surface area contributed by atoms with Gasteiger partial charge in [-0.05, 0) is 77.0 Å². The van der Waals surface area contributed by atoms with Crippen molar-refractivity contribution < 1.29 is 24.5 Å². The van der Waals surface area contributed by atoms with Gasteiger partial charge in [0.1, 0.15) is 0 Å². The van der Waals surface area contributed by atoms with Gasteiger partial charge in [0.2, 0.25) is 5.91 Å². The van der Waals surface area contributed by atoms with Crippen LogP contribution in [-0.4, -0.2) is 47.4 Å². The molecular weight excluding hydrogens is 1110 g/mol. The molecular formula is C85H163NO5. The molecule has 0 spiro atoms. The van der Waals surface area contributed by atoms with Crippen LogP contribution in [-0.2, 0) is 14.3 Å². The third kappa shape index (κ3) is 77.0. The van der Waals surface area contributed by atoms with E-state index in [1.165, 1.54) is 385 Å². The van der Waals surface area contributed by atoms with Gasteiger partial charge in [-0.2, -0.15) is 0 Å². The molecule has 0 aromatic heterocycles. The summed E-state index contributed by atoms with van der Waals surface area (Å²) in [6.07, 6.45) is 106. The first-order valence-electron chi connectivity index (χ1n) is 41.7. The topological polar surface area (TPSA) is 95.9 Å². The molecule has 1 amide bonds. The molecule has 0 rings (SSSR count). The van der Waals surface area contributed by atoms with Crippen LogP contribution in [0.4, 0.5) is 0 Å². The third-order valence-corrected chi connectivity index (χ3v) is 19.6. The molecule has 0 aliphatic rings. The molecule has 6 heteroatoms. The molecule has 0 fully saturated rings. The number of amides is 1. The summed E-state index contributed by atoms with van der Waals surface area (Å²) >= 11 is 0. The van der Waals surface area contributed by atoms with Crippen molar-refractivity contribution in [2.45, 2.75) is 482 Å². The number of aliphatic hydroxyl groups is 2. The van der Waals surface area contributed by atoms with Gasteiger partial charge in [-0.3, -0.25) is 9.59 Å². The van der Waals surface area contributed by atoms with Crippen molar-refractivity contribution in [1.29, 1.82) is 0 Å². The van der Waals surface area contributed by atoms with E-state index < -0.39 is 12.1 Å². The summed E-state index contributed by atoms with van der Waals surface area (Å²) in [5.74, 6) is -0.0174. The van der Waals surface area contributed by atoms with Crippen LogP contribution in [0.25, 0.3) is 0 Å². The molecule has 0 aromatic carbocycles. The molecule has 0 saturated heterocycles. The van der Waals surface area contributed by atoms with E-state index in [9.17, 15) is 19.8 Å². The summed E-state index contributed by atoms with van der Waals surface area (Å²) in [7, 11) is 0. The number of rotatable bonds is 79.